The zero-order valence-electron chi connectivity index (χ0n) is 12.4. The van der Waals surface area contributed by atoms with Crippen molar-refractivity contribution >= 4 is 11.9 Å². The third-order valence-corrected chi connectivity index (χ3v) is 2.45. The molecular formula is C15H21NO5. The third kappa shape index (κ3) is 7.31. The smallest absolute Gasteiger partial charge is 0.325 e. The van der Waals surface area contributed by atoms with Gasteiger partial charge in [0.2, 0.25) is 0 Å². The van der Waals surface area contributed by atoms with E-state index < -0.39 is 5.97 Å². The summed E-state index contributed by atoms with van der Waals surface area (Å²) in [6, 6.07) is 6.81. The summed E-state index contributed by atoms with van der Waals surface area (Å²) >= 11 is 0. The monoisotopic (exact) mass is 295 g/mol. The Hall–Kier alpha value is -2.08. The van der Waals surface area contributed by atoms with Crippen molar-refractivity contribution in [2.24, 2.45) is 0 Å². The van der Waals surface area contributed by atoms with Crippen molar-refractivity contribution in [2.75, 3.05) is 26.3 Å². The third-order valence-electron chi connectivity index (χ3n) is 2.45. The summed E-state index contributed by atoms with van der Waals surface area (Å²) in [6.45, 7) is 5.00. The molecular weight excluding hydrogens is 274 g/mol. The second-order valence-electron chi connectivity index (χ2n) is 4.11. The predicted octanol–water partition coefficient (Wildman–Crippen LogP) is 1.53. The van der Waals surface area contributed by atoms with Crippen molar-refractivity contribution in [3.05, 3.63) is 24.3 Å². The Bertz CT molecular complexity index is 444. The van der Waals surface area contributed by atoms with E-state index >= 15 is 0 Å². The van der Waals surface area contributed by atoms with Gasteiger partial charge in [-0.3, -0.25) is 9.59 Å². The van der Waals surface area contributed by atoms with Gasteiger partial charge in [0.05, 0.1) is 26.2 Å². The lowest BCUT2D eigenvalue weighted by molar-refractivity contribution is -0.143. The molecule has 0 unspecified atom stereocenters. The second kappa shape index (κ2) is 9.77. The normalized spacial score (nSPS) is 10.0. The first-order chi connectivity index (χ1) is 10.2. The number of hydrogen-bond donors (Lipinski definition) is 1. The average molecular weight is 295 g/mol. The lowest BCUT2D eigenvalue weighted by Crippen LogP contribution is -2.28. The number of hydrogen-bond acceptors (Lipinski definition) is 6. The maximum atomic E-state index is 11.6. The van der Waals surface area contributed by atoms with Gasteiger partial charge in [-0.1, -0.05) is 0 Å². The molecule has 0 aliphatic carbocycles. The van der Waals surface area contributed by atoms with Crippen molar-refractivity contribution < 1.29 is 23.8 Å². The summed E-state index contributed by atoms with van der Waals surface area (Å²) in [7, 11) is 0. The van der Waals surface area contributed by atoms with Gasteiger partial charge < -0.3 is 19.5 Å². The molecule has 0 saturated carbocycles. The Morgan fingerprint density at radius 2 is 1.67 bits per heavy atom. The fraction of sp³-hybridized carbons (Fsp3) is 0.467. The molecule has 116 valence electrons. The minimum Gasteiger partial charge on any atom is -0.494 e. The van der Waals surface area contributed by atoms with Crippen LogP contribution in [0.15, 0.2) is 24.3 Å². The largest absolute Gasteiger partial charge is 0.494 e. The van der Waals surface area contributed by atoms with Crippen LogP contribution in [0.4, 0.5) is 0 Å². The zero-order chi connectivity index (χ0) is 15.5. The van der Waals surface area contributed by atoms with Crippen LogP contribution in [-0.2, 0) is 14.3 Å². The predicted molar refractivity (Wildman–Crippen MR) is 77.4 cm³/mol. The average Bonchev–Trinajstić information content (AvgIpc) is 2.46. The van der Waals surface area contributed by atoms with Crippen molar-refractivity contribution in [1.82, 2.24) is 5.32 Å². The van der Waals surface area contributed by atoms with E-state index in [9.17, 15) is 9.59 Å². The van der Waals surface area contributed by atoms with Gasteiger partial charge in [0.25, 0.3) is 0 Å². The molecule has 0 atom stereocenters. The van der Waals surface area contributed by atoms with E-state index in [1.54, 1.807) is 31.2 Å². The number of carbonyl (C=O) groups is 2. The van der Waals surface area contributed by atoms with Crippen LogP contribution in [0.3, 0.4) is 0 Å². The quantitative estimate of drug-likeness (QED) is 0.423. The van der Waals surface area contributed by atoms with Gasteiger partial charge in [0.15, 0.2) is 0 Å². The van der Waals surface area contributed by atoms with Gasteiger partial charge in [-0.15, -0.1) is 0 Å². The Morgan fingerprint density at radius 1 is 1.00 bits per heavy atom. The molecule has 0 amide bonds. The fourth-order valence-electron chi connectivity index (χ4n) is 1.55. The molecule has 0 fully saturated rings. The minimum atomic E-state index is -0.414. The van der Waals surface area contributed by atoms with E-state index in [0.29, 0.717) is 25.5 Å². The highest BCUT2D eigenvalue weighted by molar-refractivity contribution is 5.74. The number of ether oxygens (including phenoxy) is 3. The standard InChI is InChI=1S/C15H21NO5/c1-3-19-12-5-7-13(8-6-12)21-15(18)11-16-10-9-14(17)20-4-2/h5-8,16H,3-4,9-11H2,1-2H3. The maximum Gasteiger partial charge on any atom is 0.325 e. The number of benzene rings is 1. The molecule has 0 heterocycles. The maximum absolute atomic E-state index is 11.6. The topological polar surface area (TPSA) is 73.9 Å². The van der Waals surface area contributed by atoms with Crippen LogP contribution in [0.5, 0.6) is 11.5 Å². The van der Waals surface area contributed by atoms with Crippen LogP contribution in [0.1, 0.15) is 20.3 Å². The Morgan fingerprint density at radius 3 is 2.29 bits per heavy atom. The van der Waals surface area contributed by atoms with Crippen molar-refractivity contribution in [3.63, 3.8) is 0 Å². The Balaban J connectivity index is 2.22. The van der Waals surface area contributed by atoms with E-state index in [-0.39, 0.29) is 18.9 Å². The van der Waals surface area contributed by atoms with Crippen molar-refractivity contribution in [3.8, 4) is 11.5 Å². The first kappa shape index (κ1) is 17.0. The molecule has 0 spiro atoms. The van der Waals surface area contributed by atoms with Crippen LogP contribution in [0.2, 0.25) is 0 Å². The SMILES string of the molecule is CCOC(=O)CCNCC(=O)Oc1ccc(OCC)cc1. The first-order valence-corrected chi connectivity index (χ1v) is 6.95. The van der Waals surface area contributed by atoms with E-state index in [0.717, 1.165) is 5.75 Å². The number of carbonyl (C=O) groups excluding carboxylic acids is 2. The minimum absolute atomic E-state index is 0.0343. The molecule has 0 radical (unpaired) electrons. The van der Waals surface area contributed by atoms with Crippen LogP contribution in [0, 0.1) is 0 Å². The molecule has 0 saturated heterocycles. The molecule has 1 aromatic carbocycles. The number of esters is 2. The first-order valence-electron chi connectivity index (χ1n) is 6.95. The van der Waals surface area contributed by atoms with E-state index in [4.69, 9.17) is 14.2 Å². The van der Waals surface area contributed by atoms with Gasteiger partial charge >= 0.3 is 11.9 Å². The van der Waals surface area contributed by atoms with E-state index in [1.165, 1.54) is 0 Å². The summed E-state index contributed by atoms with van der Waals surface area (Å²) in [5.41, 5.74) is 0. The highest BCUT2D eigenvalue weighted by Gasteiger charge is 2.06. The van der Waals surface area contributed by atoms with Gasteiger partial charge in [-0.25, -0.2) is 0 Å². The Kier molecular flexibility index (Phi) is 7.89. The number of nitrogens with one attached hydrogen (secondary N) is 1. The van der Waals surface area contributed by atoms with Gasteiger partial charge in [-0.05, 0) is 38.1 Å². The van der Waals surface area contributed by atoms with Gasteiger partial charge in [-0.2, -0.15) is 0 Å². The van der Waals surface area contributed by atoms with Crippen LogP contribution >= 0.6 is 0 Å². The highest BCUT2D eigenvalue weighted by atomic mass is 16.5. The molecule has 0 aliphatic heterocycles. The molecule has 6 nitrogen and oxygen atoms in total. The van der Waals surface area contributed by atoms with Crippen LogP contribution in [-0.4, -0.2) is 38.2 Å². The van der Waals surface area contributed by atoms with Crippen LogP contribution in [0.25, 0.3) is 0 Å². The molecule has 0 aromatic heterocycles. The van der Waals surface area contributed by atoms with Crippen molar-refractivity contribution in [1.29, 1.82) is 0 Å². The second-order valence-corrected chi connectivity index (χ2v) is 4.11. The lowest BCUT2D eigenvalue weighted by Gasteiger charge is -2.07. The summed E-state index contributed by atoms with van der Waals surface area (Å²) in [5, 5.41) is 2.83. The number of rotatable bonds is 9. The molecule has 6 heteroatoms. The summed E-state index contributed by atoms with van der Waals surface area (Å²) < 4.78 is 15.2. The van der Waals surface area contributed by atoms with Gasteiger partial charge in [0, 0.05) is 6.54 Å². The summed E-state index contributed by atoms with van der Waals surface area (Å²) in [5.74, 6) is 0.480. The summed E-state index contributed by atoms with van der Waals surface area (Å²) in [6.07, 6.45) is 0.226. The molecule has 1 rings (SSSR count). The zero-order valence-corrected chi connectivity index (χ0v) is 12.4. The van der Waals surface area contributed by atoms with Gasteiger partial charge in [0.1, 0.15) is 11.5 Å². The molecule has 21 heavy (non-hydrogen) atoms. The Labute approximate surface area is 124 Å². The molecule has 0 bridgehead atoms. The molecule has 1 N–H and O–H groups in total. The van der Waals surface area contributed by atoms with E-state index in [1.807, 2.05) is 6.92 Å². The van der Waals surface area contributed by atoms with E-state index in [2.05, 4.69) is 5.32 Å². The lowest BCUT2D eigenvalue weighted by atomic mass is 10.3. The molecule has 0 aliphatic rings. The highest BCUT2D eigenvalue weighted by Crippen LogP contribution is 2.17. The fourth-order valence-corrected chi connectivity index (χ4v) is 1.55. The van der Waals surface area contributed by atoms with Crippen molar-refractivity contribution in [2.45, 2.75) is 20.3 Å². The van der Waals surface area contributed by atoms with Crippen LogP contribution < -0.4 is 14.8 Å². The molecule has 1 aromatic rings. The summed E-state index contributed by atoms with van der Waals surface area (Å²) in [4.78, 5) is 22.6.